The van der Waals surface area contributed by atoms with Crippen LogP contribution in [0.1, 0.15) is 28.4 Å². The highest BCUT2D eigenvalue weighted by atomic mass is 16.2. The van der Waals surface area contributed by atoms with Crippen LogP contribution in [-0.2, 0) is 4.79 Å². The van der Waals surface area contributed by atoms with Gasteiger partial charge in [-0.05, 0) is 68.3 Å². The van der Waals surface area contributed by atoms with E-state index in [9.17, 15) is 9.59 Å². The average molecular weight is 365 g/mol. The van der Waals surface area contributed by atoms with Gasteiger partial charge in [0.25, 0.3) is 0 Å². The molecular formula is C22H27N3O2. The van der Waals surface area contributed by atoms with Gasteiger partial charge >= 0.3 is 0 Å². The van der Waals surface area contributed by atoms with Crippen LogP contribution in [0.5, 0.6) is 0 Å². The van der Waals surface area contributed by atoms with Gasteiger partial charge in [-0.3, -0.25) is 14.5 Å². The van der Waals surface area contributed by atoms with Crippen LogP contribution >= 0.6 is 0 Å². The monoisotopic (exact) mass is 365 g/mol. The number of hydrogen-bond acceptors (Lipinski definition) is 4. The number of rotatable bonds is 5. The number of nitrogens with zero attached hydrogens (tertiary/aromatic N) is 2. The summed E-state index contributed by atoms with van der Waals surface area (Å²) < 4.78 is 0. The number of benzene rings is 2. The lowest BCUT2D eigenvalue weighted by Gasteiger charge is -2.35. The summed E-state index contributed by atoms with van der Waals surface area (Å²) in [5.74, 6) is 0.112. The van der Waals surface area contributed by atoms with Crippen molar-refractivity contribution in [1.82, 2.24) is 4.90 Å². The van der Waals surface area contributed by atoms with Crippen LogP contribution < -0.4 is 10.2 Å². The number of aryl methyl sites for hydroxylation is 2. The summed E-state index contributed by atoms with van der Waals surface area (Å²) in [7, 11) is 0. The molecule has 0 radical (unpaired) electrons. The molecule has 3 rings (SSSR count). The molecule has 0 atom stereocenters. The molecule has 0 aliphatic carbocycles. The van der Waals surface area contributed by atoms with E-state index in [0.29, 0.717) is 6.54 Å². The highest BCUT2D eigenvalue weighted by Gasteiger charge is 2.19. The number of amides is 1. The average Bonchev–Trinajstić information content (AvgIpc) is 2.61. The molecule has 1 amide bonds. The molecule has 1 heterocycles. The maximum atomic E-state index is 12.4. The van der Waals surface area contributed by atoms with E-state index in [1.54, 1.807) is 6.92 Å². The van der Waals surface area contributed by atoms with E-state index >= 15 is 0 Å². The molecule has 0 saturated carbocycles. The van der Waals surface area contributed by atoms with Gasteiger partial charge in [-0.25, -0.2) is 0 Å². The Morgan fingerprint density at radius 3 is 2.07 bits per heavy atom. The molecule has 5 nitrogen and oxygen atoms in total. The van der Waals surface area contributed by atoms with Crippen molar-refractivity contribution in [2.24, 2.45) is 0 Å². The Kier molecular flexibility index (Phi) is 5.91. The van der Waals surface area contributed by atoms with Crippen molar-refractivity contribution in [3.05, 3.63) is 59.2 Å². The lowest BCUT2D eigenvalue weighted by Crippen LogP contribution is -2.48. The van der Waals surface area contributed by atoms with Crippen molar-refractivity contribution in [2.45, 2.75) is 20.8 Å². The Morgan fingerprint density at radius 2 is 1.52 bits per heavy atom. The summed E-state index contributed by atoms with van der Waals surface area (Å²) in [6.07, 6.45) is 0. The fraction of sp³-hybridized carbons (Fsp3) is 0.364. The molecule has 142 valence electrons. The zero-order valence-electron chi connectivity index (χ0n) is 16.3. The van der Waals surface area contributed by atoms with E-state index in [1.165, 1.54) is 0 Å². The molecule has 2 aromatic carbocycles. The van der Waals surface area contributed by atoms with Crippen molar-refractivity contribution in [3.8, 4) is 0 Å². The van der Waals surface area contributed by atoms with Gasteiger partial charge in [0.2, 0.25) is 5.91 Å². The van der Waals surface area contributed by atoms with Gasteiger partial charge in [0.15, 0.2) is 5.78 Å². The SMILES string of the molecule is CC(=O)c1ccc(N2CCN(CC(=O)Nc3cc(C)cc(C)c3)CC2)cc1. The van der Waals surface area contributed by atoms with Gasteiger partial charge in [-0.15, -0.1) is 0 Å². The Morgan fingerprint density at radius 1 is 0.926 bits per heavy atom. The number of Topliss-reactive ketones (excluding diaryl/α,β-unsaturated/α-hetero) is 1. The second-order valence-corrected chi connectivity index (χ2v) is 7.29. The predicted molar refractivity (Wildman–Crippen MR) is 110 cm³/mol. The topological polar surface area (TPSA) is 52.7 Å². The molecule has 1 aliphatic rings. The fourth-order valence-electron chi connectivity index (χ4n) is 3.52. The zero-order chi connectivity index (χ0) is 19.4. The predicted octanol–water partition coefficient (Wildman–Crippen LogP) is 3.27. The maximum Gasteiger partial charge on any atom is 0.238 e. The van der Waals surface area contributed by atoms with Crippen molar-refractivity contribution in [3.63, 3.8) is 0 Å². The van der Waals surface area contributed by atoms with E-state index in [-0.39, 0.29) is 11.7 Å². The van der Waals surface area contributed by atoms with E-state index in [1.807, 2.05) is 50.2 Å². The number of hydrogen-bond donors (Lipinski definition) is 1. The number of nitrogens with one attached hydrogen (secondary N) is 1. The minimum atomic E-state index is 0.0271. The number of carbonyl (C=O) groups is 2. The molecule has 5 heteroatoms. The van der Waals surface area contributed by atoms with Crippen LogP contribution in [0.3, 0.4) is 0 Å². The molecule has 1 aliphatic heterocycles. The zero-order valence-corrected chi connectivity index (χ0v) is 16.3. The van der Waals surface area contributed by atoms with Gasteiger partial charge in [0.05, 0.1) is 6.54 Å². The minimum Gasteiger partial charge on any atom is -0.369 e. The summed E-state index contributed by atoms with van der Waals surface area (Å²) >= 11 is 0. The third-order valence-corrected chi connectivity index (χ3v) is 4.88. The molecule has 1 N–H and O–H groups in total. The molecule has 0 aromatic heterocycles. The first-order chi connectivity index (χ1) is 12.9. The molecule has 1 saturated heterocycles. The number of anilines is 2. The second kappa shape index (κ2) is 8.35. The lowest BCUT2D eigenvalue weighted by molar-refractivity contribution is -0.117. The molecule has 27 heavy (non-hydrogen) atoms. The Hall–Kier alpha value is -2.66. The number of piperazine rings is 1. The van der Waals surface area contributed by atoms with Crippen molar-refractivity contribution in [1.29, 1.82) is 0 Å². The summed E-state index contributed by atoms with van der Waals surface area (Å²) in [6.45, 7) is 9.48. The van der Waals surface area contributed by atoms with Crippen molar-refractivity contribution < 1.29 is 9.59 Å². The lowest BCUT2D eigenvalue weighted by atomic mass is 10.1. The van der Waals surface area contributed by atoms with Crippen LogP contribution in [0.2, 0.25) is 0 Å². The van der Waals surface area contributed by atoms with Crippen molar-refractivity contribution in [2.75, 3.05) is 42.9 Å². The fourth-order valence-corrected chi connectivity index (χ4v) is 3.52. The van der Waals surface area contributed by atoms with E-state index < -0.39 is 0 Å². The smallest absolute Gasteiger partial charge is 0.238 e. The molecule has 0 bridgehead atoms. The third-order valence-electron chi connectivity index (χ3n) is 4.88. The Labute approximate surface area is 161 Å². The van der Waals surface area contributed by atoms with Crippen LogP contribution in [0.25, 0.3) is 0 Å². The number of carbonyl (C=O) groups excluding carboxylic acids is 2. The summed E-state index contributed by atoms with van der Waals surface area (Å²) in [5.41, 5.74) is 5.02. The standard InChI is InChI=1S/C22H27N3O2/c1-16-12-17(2)14-20(13-16)23-22(27)15-24-8-10-25(11-9-24)21-6-4-19(5-7-21)18(3)26/h4-7,12-14H,8-11,15H2,1-3H3,(H,23,27). The van der Waals surface area contributed by atoms with E-state index in [2.05, 4.69) is 21.2 Å². The van der Waals surface area contributed by atoms with Crippen LogP contribution in [0, 0.1) is 13.8 Å². The maximum absolute atomic E-state index is 12.4. The minimum absolute atomic E-state index is 0.0271. The largest absolute Gasteiger partial charge is 0.369 e. The van der Waals surface area contributed by atoms with Crippen LogP contribution in [-0.4, -0.2) is 49.3 Å². The Balaban J connectivity index is 1.50. The van der Waals surface area contributed by atoms with Gasteiger partial charge in [0, 0.05) is 43.1 Å². The first kappa shape index (κ1) is 19.1. The summed E-state index contributed by atoms with van der Waals surface area (Å²) in [5, 5.41) is 3.00. The van der Waals surface area contributed by atoms with E-state index in [0.717, 1.165) is 54.2 Å². The quantitative estimate of drug-likeness (QED) is 0.827. The van der Waals surface area contributed by atoms with Crippen molar-refractivity contribution >= 4 is 23.1 Å². The molecule has 0 unspecified atom stereocenters. The second-order valence-electron chi connectivity index (χ2n) is 7.29. The summed E-state index contributed by atoms with van der Waals surface area (Å²) in [4.78, 5) is 28.2. The van der Waals surface area contributed by atoms with Gasteiger partial charge in [0.1, 0.15) is 0 Å². The molecule has 2 aromatic rings. The van der Waals surface area contributed by atoms with Crippen LogP contribution in [0.15, 0.2) is 42.5 Å². The number of ketones is 1. The molecule has 1 fully saturated rings. The van der Waals surface area contributed by atoms with Crippen LogP contribution in [0.4, 0.5) is 11.4 Å². The van der Waals surface area contributed by atoms with Gasteiger partial charge < -0.3 is 10.2 Å². The van der Waals surface area contributed by atoms with Gasteiger partial charge in [-0.2, -0.15) is 0 Å². The van der Waals surface area contributed by atoms with Gasteiger partial charge in [-0.1, -0.05) is 6.07 Å². The Bertz CT molecular complexity index is 802. The molecule has 0 spiro atoms. The normalized spacial score (nSPS) is 14.9. The summed E-state index contributed by atoms with van der Waals surface area (Å²) in [6, 6.07) is 13.8. The molecular weight excluding hydrogens is 338 g/mol. The first-order valence-corrected chi connectivity index (χ1v) is 9.37. The highest BCUT2D eigenvalue weighted by molar-refractivity contribution is 5.94. The van der Waals surface area contributed by atoms with E-state index in [4.69, 9.17) is 0 Å². The first-order valence-electron chi connectivity index (χ1n) is 9.37. The third kappa shape index (κ3) is 5.17. The highest BCUT2D eigenvalue weighted by Crippen LogP contribution is 2.18.